The highest BCUT2D eigenvalue weighted by Crippen LogP contribution is 2.21. The molecule has 1 atom stereocenters. The number of benzene rings is 1. The van der Waals surface area contributed by atoms with Crippen LogP contribution < -0.4 is 4.72 Å². The molecule has 0 aromatic heterocycles. The number of nitrogens with one attached hydrogen (secondary N) is 1. The molecule has 1 fully saturated rings. The third-order valence-electron chi connectivity index (χ3n) is 3.71. The quantitative estimate of drug-likeness (QED) is 0.846. The summed E-state index contributed by atoms with van der Waals surface area (Å²) in [4.78, 5) is 25.1. The van der Waals surface area contributed by atoms with Gasteiger partial charge in [-0.15, -0.1) is 0 Å². The van der Waals surface area contributed by atoms with Crippen molar-refractivity contribution < 1.29 is 23.1 Å². The summed E-state index contributed by atoms with van der Waals surface area (Å²) in [5, 5.41) is 9.23. The molecule has 22 heavy (non-hydrogen) atoms. The number of carbonyl (C=O) groups is 2. The van der Waals surface area contributed by atoms with Crippen LogP contribution in [0.1, 0.15) is 29.6 Å². The maximum Gasteiger partial charge on any atom is 0.326 e. The molecule has 1 aromatic carbocycles. The molecule has 0 saturated carbocycles. The highest BCUT2D eigenvalue weighted by Gasteiger charge is 2.32. The molecule has 0 aliphatic carbocycles. The molecule has 0 unspecified atom stereocenters. The number of sulfonamides is 1. The third kappa shape index (κ3) is 3.28. The fourth-order valence-electron chi connectivity index (χ4n) is 2.51. The van der Waals surface area contributed by atoms with Gasteiger partial charge in [-0.2, -0.15) is 0 Å². The van der Waals surface area contributed by atoms with Crippen molar-refractivity contribution in [2.45, 2.75) is 30.2 Å². The zero-order valence-electron chi connectivity index (χ0n) is 12.2. The number of carboxylic acids is 1. The van der Waals surface area contributed by atoms with Crippen LogP contribution in [0.25, 0.3) is 0 Å². The van der Waals surface area contributed by atoms with E-state index in [1.54, 1.807) is 0 Å². The Balaban J connectivity index is 2.33. The topological polar surface area (TPSA) is 104 Å². The van der Waals surface area contributed by atoms with E-state index < -0.39 is 27.9 Å². The lowest BCUT2D eigenvalue weighted by atomic mass is 10.0. The first kappa shape index (κ1) is 16.4. The van der Waals surface area contributed by atoms with Crippen LogP contribution in [0.5, 0.6) is 0 Å². The van der Waals surface area contributed by atoms with Crippen LogP contribution in [0.2, 0.25) is 0 Å². The molecule has 1 aliphatic heterocycles. The first-order valence-electron chi connectivity index (χ1n) is 6.94. The van der Waals surface area contributed by atoms with Crippen LogP contribution in [-0.2, 0) is 14.8 Å². The Bertz CT molecular complexity index is 686. The van der Waals surface area contributed by atoms with Gasteiger partial charge in [0.1, 0.15) is 6.04 Å². The lowest BCUT2D eigenvalue weighted by Gasteiger charge is -2.33. The van der Waals surface area contributed by atoms with Gasteiger partial charge < -0.3 is 10.0 Å². The minimum Gasteiger partial charge on any atom is -0.480 e. The van der Waals surface area contributed by atoms with Gasteiger partial charge in [-0.25, -0.2) is 17.9 Å². The smallest absolute Gasteiger partial charge is 0.326 e. The van der Waals surface area contributed by atoms with E-state index in [9.17, 15) is 23.1 Å². The van der Waals surface area contributed by atoms with E-state index in [-0.39, 0.29) is 10.5 Å². The highest BCUT2D eigenvalue weighted by atomic mass is 32.2. The molecule has 1 aromatic rings. The van der Waals surface area contributed by atoms with Gasteiger partial charge in [-0.3, -0.25) is 4.79 Å². The van der Waals surface area contributed by atoms with E-state index >= 15 is 0 Å². The third-order valence-corrected chi connectivity index (χ3v) is 5.12. The fraction of sp³-hybridized carbons (Fsp3) is 0.429. The van der Waals surface area contributed by atoms with Gasteiger partial charge >= 0.3 is 5.97 Å². The van der Waals surface area contributed by atoms with Crippen molar-refractivity contribution in [2.24, 2.45) is 0 Å². The van der Waals surface area contributed by atoms with Gasteiger partial charge in [0.05, 0.1) is 4.90 Å². The maximum absolute atomic E-state index is 12.5. The van der Waals surface area contributed by atoms with E-state index in [0.29, 0.717) is 13.0 Å². The van der Waals surface area contributed by atoms with Gasteiger partial charge in [0.15, 0.2) is 0 Å². The molecular weight excluding hydrogens is 308 g/mol. The zero-order valence-corrected chi connectivity index (χ0v) is 13.0. The molecule has 0 radical (unpaired) electrons. The van der Waals surface area contributed by atoms with Gasteiger partial charge in [0, 0.05) is 12.1 Å². The lowest BCUT2D eigenvalue weighted by Crippen LogP contribution is -2.48. The average Bonchev–Trinajstić information content (AvgIpc) is 2.54. The Kier molecular flexibility index (Phi) is 4.82. The van der Waals surface area contributed by atoms with Crippen LogP contribution in [0, 0.1) is 0 Å². The Morgan fingerprint density at radius 2 is 2.05 bits per heavy atom. The summed E-state index contributed by atoms with van der Waals surface area (Å²) in [7, 11) is -2.37. The van der Waals surface area contributed by atoms with Gasteiger partial charge in [-0.1, -0.05) is 6.07 Å². The molecule has 1 heterocycles. The zero-order chi connectivity index (χ0) is 16.3. The largest absolute Gasteiger partial charge is 0.480 e. The summed E-state index contributed by atoms with van der Waals surface area (Å²) in [6, 6.07) is 4.75. The average molecular weight is 326 g/mol. The van der Waals surface area contributed by atoms with Crippen molar-refractivity contribution in [2.75, 3.05) is 13.6 Å². The van der Waals surface area contributed by atoms with Crippen LogP contribution >= 0.6 is 0 Å². The van der Waals surface area contributed by atoms with E-state index in [4.69, 9.17) is 0 Å². The number of carboxylic acid groups (broad SMARTS) is 1. The number of piperidine rings is 1. The summed E-state index contributed by atoms with van der Waals surface area (Å²) < 4.78 is 25.8. The summed E-state index contributed by atoms with van der Waals surface area (Å²) in [5.41, 5.74) is 0.171. The minimum atomic E-state index is -3.65. The standard InChI is InChI=1S/C14H18N2O5S/c1-15-22(20,21)11-6-4-5-10(9-11)13(17)16-8-3-2-7-12(16)14(18)19/h4-6,9,12,15H,2-3,7-8H2,1H3,(H,18,19)/t12-/m1/s1. The van der Waals surface area contributed by atoms with E-state index in [2.05, 4.69) is 4.72 Å². The lowest BCUT2D eigenvalue weighted by molar-refractivity contribution is -0.143. The summed E-state index contributed by atoms with van der Waals surface area (Å²) in [5.74, 6) is -1.49. The molecule has 120 valence electrons. The molecule has 1 aliphatic rings. The summed E-state index contributed by atoms with van der Waals surface area (Å²) in [6.07, 6.45) is 1.91. The van der Waals surface area contributed by atoms with Crippen molar-refractivity contribution in [3.63, 3.8) is 0 Å². The molecular formula is C14H18N2O5S. The molecule has 2 rings (SSSR count). The maximum atomic E-state index is 12.5. The Hall–Kier alpha value is -1.93. The highest BCUT2D eigenvalue weighted by molar-refractivity contribution is 7.89. The van der Waals surface area contributed by atoms with Crippen molar-refractivity contribution in [3.8, 4) is 0 Å². The molecule has 1 amide bonds. The van der Waals surface area contributed by atoms with Gasteiger partial charge in [0.25, 0.3) is 5.91 Å². The normalized spacial score (nSPS) is 19.0. The number of amides is 1. The SMILES string of the molecule is CNS(=O)(=O)c1cccc(C(=O)N2CCCC[C@@H]2C(=O)O)c1. The second kappa shape index (κ2) is 6.45. The molecule has 0 spiro atoms. The number of carbonyl (C=O) groups excluding carboxylic acids is 1. The molecule has 8 heteroatoms. The Morgan fingerprint density at radius 1 is 1.32 bits per heavy atom. The molecule has 1 saturated heterocycles. The fourth-order valence-corrected chi connectivity index (χ4v) is 3.29. The van der Waals surface area contributed by atoms with E-state index in [1.165, 1.54) is 36.2 Å². The van der Waals surface area contributed by atoms with Gasteiger partial charge in [-0.05, 0) is 44.5 Å². The number of rotatable bonds is 4. The van der Waals surface area contributed by atoms with Crippen LogP contribution in [0.15, 0.2) is 29.2 Å². The minimum absolute atomic E-state index is 0.0234. The molecule has 2 N–H and O–H groups in total. The monoisotopic (exact) mass is 326 g/mol. The van der Waals surface area contributed by atoms with Crippen LogP contribution in [0.4, 0.5) is 0 Å². The van der Waals surface area contributed by atoms with Crippen molar-refractivity contribution in [3.05, 3.63) is 29.8 Å². The Labute approximate surface area is 129 Å². The van der Waals surface area contributed by atoms with Crippen LogP contribution in [0.3, 0.4) is 0 Å². The second-order valence-corrected chi connectivity index (χ2v) is 6.97. The summed E-state index contributed by atoms with van der Waals surface area (Å²) >= 11 is 0. The van der Waals surface area contributed by atoms with Crippen molar-refractivity contribution >= 4 is 21.9 Å². The number of likely N-dealkylation sites (tertiary alicyclic amines) is 1. The molecule has 0 bridgehead atoms. The number of hydrogen-bond acceptors (Lipinski definition) is 4. The van der Waals surface area contributed by atoms with E-state index in [1.807, 2.05) is 0 Å². The predicted molar refractivity (Wildman–Crippen MR) is 79.0 cm³/mol. The number of nitrogens with zero attached hydrogens (tertiary/aromatic N) is 1. The van der Waals surface area contributed by atoms with Crippen LogP contribution in [-0.4, -0.2) is 49.9 Å². The van der Waals surface area contributed by atoms with Crippen molar-refractivity contribution in [1.82, 2.24) is 9.62 Å². The number of aliphatic carboxylic acids is 1. The van der Waals surface area contributed by atoms with E-state index in [0.717, 1.165) is 12.8 Å². The second-order valence-electron chi connectivity index (χ2n) is 5.08. The van der Waals surface area contributed by atoms with Gasteiger partial charge in [0.2, 0.25) is 10.0 Å². The van der Waals surface area contributed by atoms with Crippen molar-refractivity contribution in [1.29, 1.82) is 0 Å². The predicted octanol–water partition coefficient (Wildman–Crippen LogP) is 0.674. The summed E-state index contributed by atoms with van der Waals surface area (Å²) in [6.45, 7) is 0.360. The molecule has 7 nitrogen and oxygen atoms in total. The Morgan fingerprint density at radius 3 is 2.68 bits per heavy atom. The first-order chi connectivity index (χ1) is 10.4. The number of hydrogen-bond donors (Lipinski definition) is 2. The first-order valence-corrected chi connectivity index (χ1v) is 8.42.